The quantitative estimate of drug-likeness (QED) is 0.829. The van der Waals surface area contributed by atoms with Gasteiger partial charge in [-0.05, 0) is 11.3 Å². The van der Waals surface area contributed by atoms with E-state index in [0.717, 1.165) is 32.8 Å². The SMILES string of the molecule is CC(C)C(CNC(=O)CC(C)(C)C)N1CCOCC1. The second kappa shape index (κ2) is 7.25. The van der Waals surface area contributed by atoms with Crippen LogP contribution in [0, 0.1) is 11.3 Å². The molecule has 1 aliphatic heterocycles. The Morgan fingerprint density at radius 3 is 2.32 bits per heavy atom. The third-order valence-electron chi connectivity index (χ3n) is 3.48. The van der Waals surface area contributed by atoms with Crippen LogP contribution in [-0.2, 0) is 9.53 Å². The smallest absolute Gasteiger partial charge is 0.220 e. The Morgan fingerprint density at radius 2 is 1.84 bits per heavy atom. The van der Waals surface area contributed by atoms with Crippen molar-refractivity contribution in [1.29, 1.82) is 0 Å². The minimum absolute atomic E-state index is 0.0520. The third-order valence-corrected chi connectivity index (χ3v) is 3.48. The lowest BCUT2D eigenvalue weighted by atomic mass is 9.92. The highest BCUT2D eigenvalue weighted by atomic mass is 16.5. The molecule has 1 unspecified atom stereocenters. The fourth-order valence-electron chi connectivity index (χ4n) is 2.46. The van der Waals surface area contributed by atoms with Crippen LogP contribution in [0.3, 0.4) is 0 Å². The number of nitrogens with one attached hydrogen (secondary N) is 1. The molecule has 0 saturated carbocycles. The van der Waals surface area contributed by atoms with E-state index in [4.69, 9.17) is 4.74 Å². The van der Waals surface area contributed by atoms with E-state index in [9.17, 15) is 4.79 Å². The van der Waals surface area contributed by atoms with E-state index in [1.807, 2.05) is 0 Å². The van der Waals surface area contributed by atoms with Crippen molar-refractivity contribution in [1.82, 2.24) is 10.2 Å². The average molecular weight is 270 g/mol. The van der Waals surface area contributed by atoms with Crippen LogP contribution in [0.4, 0.5) is 0 Å². The summed E-state index contributed by atoms with van der Waals surface area (Å²) >= 11 is 0. The number of carbonyl (C=O) groups excluding carboxylic acids is 1. The molecule has 1 aliphatic rings. The van der Waals surface area contributed by atoms with Gasteiger partial charge in [0.05, 0.1) is 13.2 Å². The molecule has 0 spiro atoms. The number of nitrogens with zero attached hydrogens (tertiary/aromatic N) is 1. The molecular formula is C15H30N2O2. The van der Waals surface area contributed by atoms with E-state index < -0.39 is 0 Å². The Labute approximate surface area is 117 Å². The van der Waals surface area contributed by atoms with Crippen molar-refractivity contribution in [2.45, 2.75) is 47.1 Å². The number of hydrogen-bond donors (Lipinski definition) is 1. The normalized spacial score (nSPS) is 19.5. The van der Waals surface area contributed by atoms with Gasteiger partial charge in [-0.25, -0.2) is 0 Å². The molecular weight excluding hydrogens is 240 g/mol. The van der Waals surface area contributed by atoms with Crippen molar-refractivity contribution in [3.8, 4) is 0 Å². The van der Waals surface area contributed by atoms with Gasteiger partial charge in [-0.15, -0.1) is 0 Å². The molecule has 0 radical (unpaired) electrons. The van der Waals surface area contributed by atoms with Gasteiger partial charge in [0.1, 0.15) is 0 Å². The number of hydrogen-bond acceptors (Lipinski definition) is 3. The molecule has 0 bridgehead atoms. The first-order chi connectivity index (χ1) is 8.79. The molecule has 1 atom stereocenters. The maximum absolute atomic E-state index is 11.9. The van der Waals surface area contributed by atoms with Crippen LogP contribution in [-0.4, -0.2) is 49.7 Å². The summed E-state index contributed by atoms with van der Waals surface area (Å²) in [6, 6.07) is 0.410. The van der Waals surface area contributed by atoms with Gasteiger partial charge in [0.15, 0.2) is 0 Å². The fraction of sp³-hybridized carbons (Fsp3) is 0.933. The minimum atomic E-state index is 0.0520. The van der Waals surface area contributed by atoms with Gasteiger partial charge in [-0.3, -0.25) is 9.69 Å². The Morgan fingerprint density at radius 1 is 1.26 bits per heavy atom. The third kappa shape index (κ3) is 6.39. The van der Waals surface area contributed by atoms with Crippen LogP contribution in [0.25, 0.3) is 0 Å². The monoisotopic (exact) mass is 270 g/mol. The van der Waals surface area contributed by atoms with Crippen LogP contribution >= 0.6 is 0 Å². The average Bonchev–Trinajstić information content (AvgIpc) is 2.27. The second-order valence-corrected chi connectivity index (χ2v) is 7.00. The fourth-order valence-corrected chi connectivity index (χ4v) is 2.46. The predicted octanol–water partition coefficient (Wildman–Crippen LogP) is 1.90. The van der Waals surface area contributed by atoms with Gasteiger partial charge in [-0.2, -0.15) is 0 Å². The Bertz CT molecular complexity index is 278. The van der Waals surface area contributed by atoms with Crippen LogP contribution in [0.1, 0.15) is 41.0 Å². The highest BCUT2D eigenvalue weighted by Gasteiger charge is 2.24. The number of morpholine rings is 1. The summed E-state index contributed by atoms with van der Waals surface area (Å²) < 4.78 is 5.39. The molecule has 1 rings (SSSR count). The van der Waals surface area contributed by atoms with Crippen molar-refractivity contribution in [3.63, 3.8) is 0 Å². The van der Waals surface area contributed by atoms with Gasteiger partial charge in [0.2, 0.25) is 5.91 Å². The largest absolute Gasteiger partial charge is 0.379 e. The molecule has 1 heterocycles. The number of ether oxygens (including phenoxy) is 1. The topological polar surface area (TPSA) is 41.6 Å². The molecule has 0 aromatic rings. The molecule has 0 aromatic heterocycles. The van der Waals surface area contributed by atoms with Gasteiger partial charge in [0, 0.05) is 32.1 Å². The molecule has 112 valence electrons. The number of amides is 1. The Balaban J connectivity index is 2.43. The Kier molecular flexibility index (Phi) is 6.27. The molecule has 0 aromatic carbocycles. The van der Waals surface area contributed by atoms with Crippen LogP contribution in [0.2, 0.25) is 0 Å². The predicted molar refractivity (Wildman–Crippen MR) is 78.1 cm³/mol. The summed E-state index contributed by atoms with van der Waals surface area (Å²) in [4.78, 5) is 14.4. The van der Waals surface area contributed by atoms with E-state index in [1.54, 1.807) is 0 Å². The van der Waals surface area contributed by atoms with Gasteiger partial charge >= 0.3 is 0 Å². The number of rotatable bonds is 5. The van der Waals surface area contributed by atoms with E-state index in [2.05, 4.69) is 44.8 Å². The summed E-state index contributed by atoms with van der Waals surface area (Å²) in [5, 5.41) is 3.10. The first kappa shape index (κ1) is 16.4. The first-order valence-corrected chi connectivity index (χ1v) is 7.38. The standard InChI is InChI=1S/C15H30N2O2/c1-12(2)13(17-6-8-19-9-7-17)11-16-14(18)10-15(3,4)5/h12-13H,6-11H2,1-5H3,(H,16,18). The minimum Gasteiger partial charge on any atom is -0.379 e. The zero-order chi connectivity index (χ0) is 14.5. The second-order valence-electron chi connectivity index (χ2n) is 7.00. The van der Waals surface area contributed by atoms with E-state index in [0.29, 0.717) is 18.4 Å². The molecule has 1 fully saturated rings. The zero-order valence-electron chi connectivity index (χ0n) is 13.2. The van der Waals surface area contributed by atoms with Gasteiger partial charge in [-0.1, -0.05) is 34.6 Å². The lowest BCUT2D eigenvalue weighted by molar-refractivity contribution is -0.123. The molecule has 4 nitrogen and oxygen atoms in total. The van der Waals surface area contributed by atoms with Crippen molar-refractivity contribution in [3.05, 3.63) is 0 Å². The molecule has 1 saturated heterocycles. The first-order valence-electron chi connectivity index (χ1n) is 7.38. The van der Waals surface area contributed by atoms with Crippen LogP contribution in [0.15, 0.2) is 0 Å². The maximum Gasteiger partial charge on any atom is 0.220 e. The Hall–Kier alpha value is -0.610. The summed E-state index contributed by atoms with van der Waals surface area (Å²) in [6.07, 6.45) is 0.584. The highest BCUT2D eigenvalue weighted by Crippen LogP contribution is 2.18. The summed E-state index contributed by atoms with van der Waals surface area (Å²) in [5.74, 6) is 0.694. The van der Waals surface area contributed by atoms with E-state index in [1.165, 1.54) is 0 Å². The highest BCUT2D eigenvalue weighted by molar-refractivity contribution is 5.76. The lowest BCUT2D eigenvalue weighted by Crippen LogP contribution is -2.51. The molecule has 0 aliphatic carbocycles. The van der Waals surface area contributed by atoms with Crippen molar-refractivity contribution < 1.29 is 9.53 Å². The van der Waals surface area contributed by atoms with E-state index in [-0.39, 0.29) is 11.3 Å². The van der Waals surface area contributed by atoms with Crippen LogP contribution in [0.5, 0.6) is 0 Å². The van der Waals surface area contributed by atoms with Crippen molar-refractivity contribution >= 4 is 5.91 Å². The van der Waals surface area contributed by atoms with Gasteiger partial charge < -0.3 is 10.1 Å². The van der Waals surface area contributed by atoms with E-state index >= 15 is 0 Å². The summed E-state index contributed by atoms with van der Waals surface area (Å²) in [6.45, 7) is 15.0. The molecule has 4 heteroatoms. The lowest BCUT2D eigenvalue weighted by Gasteiger charge is -2.37. The molecule has 1 amide bonds. The van der Waals surface area contributed by atoms with Crippen molar-refractivity contribution in [2.24, 2.45) is 11.3 Å². The number of carbonyl (C=O) groups is 1. The van der Waals surface area contributed by atoms with Crippen molar-refractivity contribution in [2.75, 3.05) is 32.8 Å². The summed E-state index contributed by atoms with van der Waals surface area (Å²) in [7, 11) is 0. The molecule has 1 N–H and O–H groups in total. The zero-order valence-corrected chi connectivity index (χ0v) is 13.2. The maximum atomic E-state index is 11.9. The van der Waals surface area contributed by atoms with Gasteiger partial charge in [0.25, 0.3) is 0 Å². The molecule has 19 heavy (non-hydrogen) atoms. The van der Waals surface area contributed by atoms with Crippen LogP contribution < -0.4 is 5.32 Å². The summed E-state index contributed by atoms with van der Waals surface area (Å²) in [5.41, 5.74) is 0.0520.